The van der Waals surface area contributed by atoms with Crippen molar-refractivity contribution in [2.24, 2.45) is 0 Å². The Morgan fingerprint density at radius 1 is 1.20 bits per heavy atom. The van der Waals surface area contributed by atoms with Gasteiger partial charge in [-0.3, -0.25) is 0 Å². The van der Waals surface area contributed by atoms with Crippen molar-refractivity contribution >= 4 is 21.6 Å². The van der Waals surface area contributed by atoms with E-state index in [1.165, 1.54) is 18.4 Å². The Hall–Kier alpha value is -0.580. The molecule has 0 spiro atoms. The minimum absolute atomic E-state index is 0.110. The van der Waals surface area contributed by atoms with Crippen molar-refractivity contribution in [2.45, 2.75) is 17.2 Å². The van der Waals surface area contributed by atoms with Gasteiger partial charge in [0.1, 0.15) is 0 Å². The molecule has 1 aromatic carbocycles. The summed E-state index contributed by atoms with van der Waals surface area (Å²) < 4.78 is 24.6. The number of halogens is 1. The highest BCUT2D eigenvalue weighted by molar-refractivity contribution is 7.89. The van der Waals surface area contributed by atoms with E-state index in [0.29, 0.717) is 0 Å². The average Bonchev–Trinajstić information content (AvgIpc) is 2.17. The summed E-state index contributed by atoms with van der Waals surface area (Å²) in [6.07, 6.45) is 0. The Bertz CT molecular complexity index is 423. The Morgan fingerprint density at radius 3 is 2.00 bits per heavy atom. The van der Waals surface area contributed by atoms with Gasteiger partial charge in [0.2, 0.25) is 10.0 Å². The van der Waals surface area contributed by atoms with Crippen LogP contribution in [-0.2, 0) is 10.0 Å². The second kappa shape index (κ2) is 4.51. The maximum Gasteiger partial charge on any atom is 0.242 e. The van der Waals surface area contributed by atoms with Gasteiger partial charge in [0.05, 0.1) is 10.3 Å². The van der Waals surface area contributed by atoms with E-state index in [1.807, 2.05) is 6.92 Å². The van der Waals surface area contributed by atoms with E-state index < -0.39 is 10.0 Å². The molecule has 1 rings (SSSR count). The monoisotopic (exact) mass is 247 g/mol. The van der Waals surface area contributed by atoms with E-state index in [0.717, 1.165) is 5.56 Å². The zero-order valence-corrected chi connectivity index (χ0v) is 10.5. The Morgan fingerprint density at radius 2 is 1.67 bits per heavy atom. The van der Waals surface area contributed by atoms with Crippen LogP contribution in [0.3, 0.4) is 0 Å². The number of hydrogen-bond acceptors (Lipinski definition) is 2. The van der Waals surface area contributed by atoms with Crippen LogP contribution in [0.5, 0.6) is 0 Å². The summed E-state index contributed by atoms with van der Waals surface area (Å²) in [5.74, 6) is 0. The first-order chi connectivity index (χ1) is 6.85. The minimum Gasteiger partial charge on any atom is -0.207 e. The van der Waals surface area contributed by atoms with Gasteiger partial charge in [0.25, 0.3) is 0 Å². The summed E-state index contributed by atoms with van der Waals surface area (Å²) in [5.41, 5.74) is 0.911. The summed E-state index contributed by atoms with van der Waals surface area (Å²) >= 11 is 5.87. The summed E-state index contributed by atoms with van der Waals surface area (Å²) in [6, 6.07) is 6.61. The molecule has 5 heteroatoms. The lowest BCUT2D eigenvalue weighted by Gasteiger charge is -2.12. The van der Waals surface area contributed by atoms with Crippen molar-refractivity contribution in [1.82, 2.24) is 4.31 Å². The first-order valence-electron chi connectivity index (χ1n) is 4.52. The SMILES string of the molecule is CC(Cl)c1ccc(S(=O)(=O)N(C)C)cc1. The third-order valence-electron chi connectivity index (χ3n) is 2.12. The highest BCUT2D eigenvalue weighted by Crippen LogP contribution is 2.21. The highest BCUT2D eigenvalue weighted by Gasteiger charge is 2.16. The number of nitrogens with zero attached hydrogens (tertiary/aromatic N) is 1. The molecule has 1 unspecified atom stereocenters. The molecule has 0 heterocycles. The van der Waals surface area contributed by atoms with Gasteiger partial charge >= 0.3 is 0 Å². The van der Waals surface area contributed by atoms with Gasteiger partial charge in [-0.2, -0.15) is 0 Å². The highest BCUT2D eigenvalue weighted by atomic mass is 35.5. The molecule has 84 valence electrons. The van der Waals surface area contributed by atoms with Crippen molar-refractivity contribution in [3.8, 4) is 0 Å². The number of rotatable bonds is 3. The lowest BCUT2D eigenvalue weighted by Crippen LogP contribution is -2.22. The van der Waals surface area contributed by atoms with E-state index in [9.17, 15) is 8.42 Å². The van der Waals surface area contributed by atoms with Crippen molar-refractivity contribution in [3.63, 3.8) is 0 Å². The molecule has 0 saturated carbocycles. The Balaban J connectivity index is 3.10. The van der Waals surface area contributed by atoms with Gasteiger partial charge in [-0.05, 0) is 24.6 Å². The summed E-state index contributed by atoms with van der Waals surface area (Å²) in [6.45, 7) is 1.84. The van der Waals surface area contributed by atoms with E-state index in [-0.39, 0.29) is 10.3 Å². The van der Waals surface area contributed by atoms with Crippen molar-refractivity contribution in [3.05, 3.63) is 29.8 Å². The summed E-state index contributed by atoms with van der Waals surface area (Å²) in [7, 11) is -0.314. The molecule has 0 bridgehead atoms. The molecule has 0 fully saturated rings. The lowest BCUT2D eigenvalue weighted by atomic mass is 10.2. The van der Waals surface area contributed by atoms with Crippen molar-refractivity contribution in [2.75, 3.05) is 14.1 Å². The first-order valence-corrected chi connectivity index (χ1v) is 6.40. The molecule has 1 atom stereocenters. The van der Waals surface area contributed by atoms with Gasteiger partial charge in [-0.15, -0.1) is 11.6 Å². The van der Waals surface area contributed by atoms with Crippen LogP contribution >= 0.6 is 11.6 Å². The van der Waals surface area contributed by atoms with Crippen LogP contribution in [-0.4, -0.2) is 26.8 Å². The standard InChI is InChI=1S/C10H14ClNO2S/c1-8(11)9-4-6-10(7-5-9)15(13,14)12(2)3/h4-8H,1-3H3. The average molecular weight is 248 g/mol. The molecule has 0 aromatic heterocycles. The van der Waals surface area contributed by atoms with Crippen LogP contribution in [0.2, 0.25) is 0 Å². The molecule has 0 N–H and O–H groups in total. The van der Waals surface area contributed by atoms with E-state index in [4.69, 9.17) is 11.6 Å². The normalized spacial score (nSPS) is 14.2. The number of alkyl halides is 1. The largest absolute Gasteiger partial charge is 0.242 e. The van der Waals surface area contributed by atoms with Gasteiger partial charge in [-0.25, -0.2) is 12.7 Å². The quantitative estimate of drug-likeness (QED) is 0.769. The fourth-order valence-electron chi connectivity index (χ4n) is 1.12. The second-order valence-corrected chi connectivity index (χ2v) is 6.28. The van der Waals surface area contributed by atoms with Crippen molar-refractivity contribution < 1.29 is 8.42 Å². The molecular formula is C10H14ClNO2S. The van der Waals surface area contributed by atoms with Crippen LogP contribution in [0, 0.1) is 0 Å². The molecule has 0 aliphatic heterocycles. The predicted octanol–water partition coefficient (Wildman–Crippen LogP) is 2.24. The minimum atomic E-state index is -3.33. The third-order valence-corrected chi connectivity index (χ3v) is 4.20. The second-order valence-electron chi connectivity index (χ2n) is 3.47. The van der Waals surface area contributed by atoms with Crippen molar-refractivity contribution in [1.29, 1.82) is 0 Å². The molecule has 0 aliphatic rings. The molecule has 15 heavy (non-hydrogen) atoms. The number of sulfonamides is 1. The van der Waals surface area contributed by atoms with Gasteiger partial charge in [-0.1, -0.05) is 12.1 Å². The number of benzene rings is 1. The summed E-state index contributed by atoms with van der Waals surface area (Å²) in [4.78, 5) is 0.286. The zero-order valence-electron chi connectivity index (χ0n) is 8.94. The smallest absolute Gasteiger partial charge is 0.207 e. The molecule has 0 amide bonds. The van der Waals surface area contributed by atoms with Crippen LogP contribution in [0.25, 0.3) is 0 Å². The molecule has 1 aromatic rings. The van der Waals surface area contributed by atoms with Gasteiger partial charge in [0.15, 0.2) is 0 Å². The number of hydrogen-bond donors (Lipinski definition) is 0. The predicted molar refractivity (Wildman–Crippen MR) is 61.6 cm³/mol. The fourth-order valence-corrected chi connectivity index (χ4v) is 2.16. The fraction of sp³-hybridized carbons (Fsp3) is 0.400. The lowest BCUT2D eigenvalue weighted by molar-refractivity contribution is 0.520. The maximum absolute atomic E-state index is 11.7. The molecular weight excluding hydrogens is 234 g/mol. The summed E-state index contributed by atoms with van der Waals surface area (Å²) in [5, 5.41) is -0.110. The zero-order chi connectivity index (χ0) is 11.6. The maximum atomic E-state index is 11.7. The van der Waals surface area contributed by atoms with Gasteiger partial charge in [0, 0.05) is 14.1 Å². The van der Waals surface area contributed by atoms with E-state index >= 15 is 0 Å². The van der Waals surface area contributed by atoms with Crippen LogP contribution < -0.4 is 0 Å². The molecule has 0 radical (unpaired) electrons. The van der Waals surface area contributed by atoms with E-state index in [1.54, 1.807) is 24.3 Å². The van der Waals surface area contributed by atoms with Crippen LogP contribution in [0.4, 0.5) is 0 Å². The van der Waals surface area contributed by atoms with Crippen LogP contribution in [0.15, 0.2) is 29.2 Å². The Labute approximate surface area is 95.7 Å². The third kappa shape index (κ3) is 2.71. The van der Waals surface area contributed by atoms with Gasteiger partial charge < -0.3 is 0 Å². The van der Waals surface area contributed by atoms with E-state index in [2.05, 4.69) is 0 Å². The van der Waals surface area contributed by atoms with Crippen LogP contribution in [0.1, 0.15) is 17.9 Å². The first kappa shape index (κ1) is 12.5. The molecule has 0 aliphatic carbocycles. The topological polar surface area (TPSA) is 37.4 Å². The Kier molecular flexibility index (Phi) is 3.76. The molecule has 3 nitrogen and oxygen atoms in total. The molecule has 0 saturated heterocycles.